The van der Waals surface area contributed by atoms with Gasteiger partial charge in [0.25, 0.3) is 0 Å². The maximum atomic E-state index is 10.8. The second-order valence-electron chi connectivity index (χ2n) is 2.64. The summed E-state index contributed by atoms with van der Waals surface area (Å²) in [5.41, 5.74) is 0.576. The molecule has 0 saturated heterocycles. The lowest BCUT2D eigenvalue weighted by atomic mass is 10.3. The van der Waals surface area contributed by atoms with E-state index in [1.807, 2.05) is 25.1 Å². The molecule has 0 radical (unpaired) electrons. The van der Waals surface area contributed by atoms with Gasteiger partial charge in [-0.3, -0.25) is 0 Å². The summed E-state index contributed by atoms with van der Waals surface area (Å²) in [5.74, 6) is 0.640. The van der Waals surface area contributed by atoms with Crippen LogP contribution in [0.5, 0.6) is 0 Å². The van der Waals surface area contributed by atoms with Crippen molar-refractivity contribution in [1.29, 1.82) is 0 Å². The molecule has 0 saturated carbocycles. The normalized spacial score (nSPS) is 9.73. The van der Waals surface area contributed by atoms with Gasteiger partial charge in [0.2, 0.25) is 0 Å². The molecule has 0 aliphatic carbocycles. The molecule has 1 aromatic heterocycles. The molecular formula is C8H11NO2. The SMILES string of the molecule is Cc1cc(N(C)C)cc(=O)o1. The van der Waals surface area contributed by atoms with Gasteiger partial charge in [-0.15, -0.1) is 0 Å². The number of anilines is 1. The topological polar surface area (TPSA) is 33.5 Å². The molecule has 11 heavy (non-hydrogen) atoms. The van der Waals surface area contributed by atoms with Crippen molar-refractivity contribution < 1.29 is 4.42 Å². The summed E-state index contributed by atoms with van der Waals surface area (Å²) in [6, 6.07) is 3.29. The van der Waals surface area contributed by atoms with Crippen LogP contribution in [0.1, 0.15) is 5.76 Å². The molecule has 0 aliphatic heterocycles. The van der Waals surface area contributed by atoms with Gasteiger partial charge in [0.1, 0.15) is 5.76 Å². The number of hydrogen-bond donors (Lipinski definition) is 0. The van der Waals surface area contributed by atoms with Crippen LogP contribution in [-0.4, -0.2) is 14.1 Å². The molecule has 0 amide bonds. The van der Waals surface area contributed by atoms with Crippen molar-refractivity contribution in [3.05, 3.63) is 28.3 Å². The number of aryl methyl sites for hydroxylation is 1. The van der Waals surface area contributed by atoms with Crippen molar-refractivity contribution in [3.8, 4) is 0 Å². The molecular weight excluding hydrogens is 142 g/mol. The van der Waals surface area contributed by atoms with Crippen molar-refractivity contribution in [2.45, 2.75) is 6.92 Å². The van der Waals surface area contributed by atoms with Crippen LogP contribution in [0.15, 0.2) is 21.3 Å². The summed E-state index contributed by atoms with van der Waals surface area (Å²) in [5, 5.41) is 0. The first-order chi connectivity index (χ1) is 5.09. The van der Waals surface area contributed by atoms with Gasteiger partial charge >= 0.3 is 5.63 Å². The van der Waals surface area contributed by atoms with Crippen LogP contribution in [0.2, 0.25) is 0 Å². The van der Waals surface area contributed by atoms with Crippen LogP contribution >= 0.6 is 0 Å². The Bertz CT molecular complexity index is 301. The minimum Gasteiger partial charge on any atom is -0.428 e. The Morgan fingerprint density at radius 2 is 2.00 bits per heavy atom. The van der Waals surface area contributed by atoms with Crippen molar-refractivity contribution in [2.75, 3.05) is 19.0 Å². The smallest absolute Gasteiger partial charge is 0.337 e. The summed E-state index contributed by atoms with van der Waals surface area (Å²) in [7, 11) is 3.77. The predicted molar refractivity (Wildman–Crippen MR) is 44.0 cm³/mol. The molecule has 0 N–H and O–H groups in total. The zero-order chi connectivity index (χ0) is 8.43. The van der Waals surface area contributed by atoms with E-state index in [1.165, 1.54) is 6.07 Å². The van der Waals surface area contributed by atoms with Gasteiger partial charge in [-0.05, 0) is 13.0 Å². The van der Waals surface area contributed by atoms with E-state index in [-0.39, 0.29) is 5.63 Å². The number of rotatable bonds is 1. The molecule has 0 atom stereocenters. The molecule has 0 bridgehead atoms. The number of hydrogen-bond acceptors (Lipinski definition) is 3. The van der Waals surface area contributed by atoms with E-state index in [9.17, 15) is 4.79 Å². The Morgan fingerprint density at radius 1 is 1.36 bits per heavy atom. The summed E-state index contributed by atoms with van der Waals surface area (Å²) in [4.78, 5) is 12.7. The van der Waals surface area contributed by atoms with Crippen molar-refractivity contribution in [1.82, 2.24) is 0 Å². The van der Waals surface area contributed by atoms with Crippen molar-refractivity contribution in [2.24, 2.45) is 0 Å². The van der Waals surface area contributed by atoms with E-state index in [4.69, 9.17) is 4.42 Å². The third-order valence-electron chi connectivity index (χ3n) is 1.39. The molecule has 1 aromatic rings. The Labute approximate surface area is 65.3 Å². The zero-order valence-corrected chi connectivity index (χ0v) is 6.92. The van der Waals surface area contributed by atoms with Gasteiger partial charge in [-0.25, -0.2) is 4.79 Å². The highest BCUT2D eigenvalue weighted by atomic mass is 16.4. The third kappa shape index (κ3) is 1.83. The average Bonchev–Trinajstić information content (AvgIpc) is 1.85. The van der Waals surface area contributed by atoms with Gasteiger partial charge in [-0.2, -0.15) is 0 Å². The molecule has 1 heterocycles. The lowest BCUT2D eigenvalue weighted by Crippen LogP contribution is -2.11. The Hall–Kier alpha value is -1.25. The highest BCUT2D eigenvalue weighted by Crippen LogP contribution is 2.08. The molecule has 0 unspecified atom stereocenters. The molecule has 0 aromatic carbocycles. The molecule has 0 fully saturated rings. The third-order valence-corrected chi connectivity index (χ3v) is 1.39. The fraction of sp³-hybridized carbons (Fsp3) is 0.375. The first-order valence-corrected chi connectivity index (χ1v) is 3.39. The second-order valence-corrected chi connectivity index (χ2v) is 2.64. The Kier molecular flexibility index (Phi) is 1.98. The zero-order valence-electron chi connectivity index (χ0n) is 6.92. The van der Waals surface area contributed by atoms with E-state index in [0.29, 0.717) is 5.76 Å². The first kappa shape index (κ1) is 7.85. The summed E-state index contributed by atoms with van der Waals surface area (Å²) in [6.07, 6.45) is 0. The van der Waals surface area contributed by atoms with Crippen LogP contribution in [-0.2, 0) is 0 Å². The van der Waals surface area contributed by atoms with Gasteiger partial charge in [0.15, 0.2) is 0 Å². The fourth-order valence-electron chi connectivity index (χ4n) is 0.846. The Morgan fingerprint density at radius 3 is 2.45 bits per heavy atom. The average molecular weight is 153 g/mol. The van der Waals surface area contributed by atoms with Crippen LogP contribution in [0.25, 0.3) is 0 Å². The lowest BCUT2D eigenvalue weighted by molar-refractivity contribution is 0.480. The minimum absolute atomic E-state index is 0.297. The van der Waals surface area contributed by atoms with Gasteiger partial charge < -0.3 is 9.32 Å². The fourth-order valence-corrected chi connectivity index (χ4v) is 0.846. The van der Waals surface area contributed by atoms with Crippen LogP contribution < -0.4 is 10.5 Å². The highest BCUT2D eigenvalue weighted by Gasteiger charge is 1.98. The summed E-state index contributed by atoms with van der Waals surface area (Å²) >= 11 is 0. The first-order valence-electron chi connectivity index (χ1n) is 3.39. The lowest BCUT2D eigenvalue weighted by Gasteiger charge is -2.10. The predicted octanol–water partition coefficient (Wildman–Crippen LogP) is 1.01. The standard InChI is InChI=1S/C8H11NO2/c1-6-4-7(9(2)3)5-8(10)11-6/h4-5H,1-3H3. The van der Waals surface area contributed by atoms with Crippen LogP contribution in [0, 0.1) is 6.92 Å². The van der Waals surface area contributed by atoms with Crippen LogP contribution in [0.4, 0.5) is 5.69 Å². The van der Waals surface area contributed by atoms with Gasteiger partial charge in [-0.1, -0.05) is 0 Å². The largest absolute Gasteiger partial charge is 0.428 e. The van der Waals surface area contributed by atoms with E-state index < -0.39 is 0 Å². The van der Waals surface area contributed by atoms with E-state index in [2.05, 4.69) is 0 Å². The van der Waals surface area contributed by atoms with E-state index >= 15 is 0 Å². The van der Waals surface area contributed by atoms with Crippen LogP contribution in [0.3, 0.4) is 0 Å². The van der Waals surface area contributed by atoms with E-state index in [0.717, 1.165) is 5.69 Å². The van der Waals surface area contributed by atoms with Gasteiger partial charge in [0.05, 0.1) is 0 Å². The molecule has 1 rings (SSSR count). The Balaban J connectivity index is 3.19. The highest BCUT2D eigenvalue weighted by molar-refractivity contribution is 5.43. The number of nitrogens with zero attached hydrogens (tertiary/aromatic N) is 1. The molecule has 0 aliphatic rings. The summed E-state index contributed by atoms with van der Waals surface area (Å²) in [6.45, 7) is 1.76. The molecule has 0 spiro atoms. The maximum absolute atomic E-state index is 10.8. The monoisotopic (exact) mass is 153 g/mol. The maximum Gasteiger partial charge on any atom is 0.337 e. The van der Waals surface area contributed by atoms with Gasteiger partial charge in [0, 0.05) is 25.8 Å². The molecule has 3 heteroatoms. The molecule has 60 valence electrons. The van der Waals surface area contributed by atoms with Crippen molar-refractivity contribution >= 4 is 5.69 Å². The van der Waals surface area contributed by atoms with Crippen molar-refractivity contribution in [3.63, 3.8) is 0 Å². The second kappa shape index (κ2) is 2.78. The molecule has 3 nitrogen and oxygen atoms in total. The van der Waals surface area contributed by atoms with E-state index in [1.54, 1.807) is 6.92 Å². The quantitative estimate of drug-likeness (QED) is 0.603. The summed E-state index contributed by atoms with van der Waals surface area (Å²) < 4.78 is 4.79. The minimum atomic E-state index is -0.297.